The van der Waals surface area contributed by atoms with E-state index in [0.29, 0.717) is 18.5 Å². The topological polar surface area (TPSA) is 105 Å². The summed E-state index contributed by atoms with van der Waals surface area (Å²) in [4.78, 5) is 16.4. The van der Waals surface area contributed by atoms with Crippen LogP contribution in [0.3, 0.4) is 0 Å². The van der Waals surface area contributed by atoms with E-state index >= 15 is 0 Å². The first-order valence-electron chi connectivity index (χ1n) is 9.41. The number of allylic oxidation sites excluding steroid dienone is 4. The minimum atomic E-state index is -1.14. The zero-order valence-electron chi connectivity index (χ0n) is 17.0. The van der Waals surface area contributed by atoms with Gasteiger partial charge in [-0.25, -0.2) is 0 Å². The summed E-state index contributed by atoms with van der Waals surface area (Å²) in [5.74, 6) is -0.332. The monoisotopic (exact) mass is 418 g/mol. The van der Waals surface area contributed by atoms with Crippen LogP contribution in [0.4, 0.5) is 4.70 Å². The van der Waals surface area contributed by atoms with Gasteiger partial charge in [0.2, 0.25) is 0 Å². The number of Topliss-reactive ketones (excluding diaryl/α,β-unsaturated/α-hetero) is 1. The summed E-state index contributed by atoms with van der Waals surface area (Å²) in [5, 5.41) is 18.9. The van der Waals surface area contributed by atoms with Crippen molar-refractivity contribution < 1.29 is 24.4 Å². The number of ether oxygens (including phenoxy) is 1. The highest BCUT2D eigenvalue weighted by Crippen LogP contribution is 2.27. The number of nitrogens with two attached hydrogens (primary N) is 1. The fourth-order valence-corrected chi connectivity index (χ4v) is 2.69. The predicted molar refractivity (Wildman–Crippen MR) is 120 cm³/mol. The van der Waals surface area contributed by atoms with Gasteiger partial charge in [-0.15, -0.1) is 6.58 Å². The van der Waals surface area contributed by atoms with Gasteiger partial charge < -0.3 is 20.7 Å². The molecule has 0 saturated carbocycles. The van der Waals surface area contributed by atoms with Crippen molar-refractivity contribution in [2.45, 2.75) is 19.1 Å². The van der Waals surface area contributed by atoms with Gasteiger partial charge in [0.1, 0.15) is 5.78 Å². The Morgan fingerprint density at radius 3 is 2.73 bits per heavy atom. The van der Waals surface area contributed by atoms with Gasteiger partial charge in [-0.05, 0) is 29.7 Å². The summed E-state index contributed by atoms with van der Waals surface area (Å²) in [6.45, 7) is 7.46. The van der Waals surface area contributed by atoms with E-state index in [1.54, 1.807) is 42.6 Å². The maximum Gasteiger partial charge on any atom is 0.181 e. The summed E-state index contributed by atoms with van der Waals surface area (Å²) < 4.78 is 5.15. The van der Waals surface area contributed by atoms with Crippen LogP contribution >= 0.6 is 0 Å². The molecular formula is C23H31FN2O4. The van der Waals surface area contributed by atoms with E-state index in [0.717, 1.165) is 11.1 Å². The fraction of sp³-hybridized carbons (Fsp3) is 0.304. The fourth-order valence-electron chi connectivity index (χ4n) is 2.69. The smallest absolute Gasteiger partial charge is 0.181 e. The summed E-state index contributed by atoms with van der Waals surface area (Å²) in [6.07, 6.45) is 9.51. The lowest BCUT2D eigenvalue weighted by molar-refractivity contribution is -0.120. The quantitative estimate of drug-likeness (QED) is 0.245. The number of rotatable bonds is 14. The Kier molecular flexibility index (Phi) is 14.7. The molecule has 2 atom stereocenters. The number of halogens is 1. The molecule has 0 radical (unpaired) electrons. The van der Waals surface area contributed by atoms with Crippen LogP contribution in [0, 0.1) is 5.92 Å². The molecule has 0 aliphatic heterocycles. The zero-order chi connectivity index (χ0) is 21.5. The molecule has 0 fully saturated rings. The number of aliphatic imine (C=N–C) groups is 1. The zero-order valence-corrected chi connectivity index (χ0v) is 17.0. The molecule has 0 aromatic heterocycles. The molecule has 0 aliphatic carbocycles. The van der Waals surface area contributed by atoms with E-state index in [-0.39, 0.29) is 36.0 Å². The number of ketones is 1. The van der Waals surface area contributed by atoms with Crippen LogP contribution in [0.25, 0.3) is 5.57 Å². The number of aliphatic hydroxyl groups excluding tert-OH is 2. The Morgan fingerprint density at radius 2 is 2.10 bits per heavy atom. The van der Waals surface area contributed by atoms with Crippen LogP contribution in [0.2, 0.25) is 0 Å². The van der Waals surface area contributed by atoms with E-state index in [1.807, 2.05) is 12.1 Å². The van der Waals surface area contributed by atoms with Gasteiger partial charge >= 0.3 is 0 Å². The highest BCUT2D eigenvalue weighted by Gasteiger charge is 2.17. The second-order valence-electron chi connectivity index (χ2n) is 6.16. The predicted octanol–water partition coefficient (Wildman–Crippen LogP) is 3.10. The lowest BCUT2D eigenvalue weighted by Gasteiger charge is -2.17. The first kappa shape index (κ1) is 27.3. The average Bonchev–Trinajstić information content (AvgIpc) is 2.74. The van der Waals surface area contributed by atoms with Gasteiger partial charge in [-0.3, -0.25) is 14.5 Å². The molecule has 0 spiro atoms. The van der Waals surface area contributed by atoms with Gasteiger partial charge in [-0.1, -0.05) is 43.0 Å². The van der Waals surface area contributed by atoms with Crippen molar-refractivity contribution in [1.29, 1.82) is 0 Å². The molecule has 0 amide bonds. The van der Waals surface area contributed by atoms with E-state index in [1.165, 1.54) is 6.20 Å². The van der Waals surface area contributed by atoms with Crippen molar-refractivity contribution in [3.63, 3.8) is 0 Å². The number of carbonyl (C=O) groups is 1. The summed E-state index contributed by atoms with van der Waals surface area (Å²) in [5.41, 5.74) is 8.02. The maximum absolute atomic E-state index is 12.5. The molecule has 0 aliphatic rings. The molecule has 1 aromatic carbocycles. The minimum absolute atomic E-state index is 0. The van der Waals surface area contributed by atoms with Crippen molar-refractivity contribution in [1.82, 2.24) is 0 Å². The van der Waals surface area contributed by atoms with E-state index < -0.39 is 6.29 Å². The largest absolute Gasteiger partial charge is 0.394 e. The molecule has 7 heteroatoms. The molecule has 6 nitrogen and oxygen atoms in total. The molecule has 4 N–H and O–H groups in total. The molecule has 30 heavy (non-hydrogen) atoms. The van der Waals surface area contributed by atoms with Crippen LogP contribution < -0.4 is 5.73 Å². The summed E-state index contributed by atoms with van der Waals surface area (Å²) in [7, 11) is 0. The van der Waals surface area contributed by atoms with E-state index in [4.69, 9.17) is 15.6 Å². The third-order valence-electron chi connectivity index (χ3n) is 4.14. The van der Waals surface area contributed by atoms with Crippen LogP contribution in [0.1, 0.15) is 30.3 Å². The van der Waals surface area contributed by atoms with E-state index in [9.17, 15) is 9.90 Å². The first-order valence-corrected chi connectivity index (χ1v) is 9.41. The number of aliphatic hydroxyl groups is 2. The first-order chi connectivity index (χ1) is 14.1. The van der Waals surface area contributed by atoms with Gasteiger partial charge in [0.15, 0.2) is 6.29 Å². The Bertz CT molecular complexity index is 759. The number of hydrogen-bond donors (Lipinski definition) is 3. The average molecular weight is 419 g/mol. The van der Waals surface area contributed by atoms with E-state index in [2.05, 4.69) is 18.2 Å². The molecule has 0 saturated heterocycles. The molecule has 164 valence electrons. The second kappa shape index (κ2) is 16.1. The lowest BCUT2D eigenvalue weighted by Crippen LogP contribution is -2.13. The minimum Gasteiger partial charge on any atom is -0.394 e. The van der Waals surface area contributed by atoms with Crippen molar-refractivity contribution in [3.05, 3.63) is 79.1 Å². The molecule has 2 unspecified atom stereocenters. The number of carbonyl (C=O) groups excluding carboxylic acids is 1. The molecule has 0 heterocycles. The number of hydrogen-bond acceptors (Lipinski definition) is 6. The van der Waals surface area contributed by atoms with Crippen molar-refractivity contribution in [2.24, 2.45) is 16.6 Å². The molecule has 0 bridgehead atoms. The normalized spacial score (nSPS) is 13.8. The Hall–Kier alpha value is -2.71. The van der Waals surface area contributed by atoms with Crippen LogP contribution in [-0.4, -0.2) is 42.0 Å². The Morgan fingerprint density at radius 1 is 1.33 bits per heavy atom. The third-order valence-corrected chi connectivity index (χ3v) is 4.14. The summed E-state index contributed by atoms with van der Waals surface area (Å²) >= 11 is 0. The van der Waals surface area contributed by atoms with Gasteiger partial charge in [0, 0.05) is 36.9 Å². The lowest BCUT2D eigenvalue weighted by atomic mass is 9.89. The number of benzene rings is 1. The standard InChI is InChI=1S/C23H30N2O4.FH/c1-3-18(22(27)10-5-6-13-25-4-2)16-20(11-12-24)19-8-7-9-21(17-19)23(28)29-15-14-26;/h3-9,11,13,17-18,23,26,28H,1-2,10,12,14-16,24H2;1H/b6-5+,20-11-,25-13?;. The van der Waals surface area contributed by atoms with Gasteiger partial charge in [0.05, 0.1) is 13.2 Å². The molecule has 1 rings (SSSR count). The number of nitrogens with zero attached hydrogens (tertiary/aromatic N) is 1. The van der Waals surface area contributed by atoms with Gasteiger partial charge in [-0.2, -0.15) is 0 Å². The van der Waals surface area contributed by atoms with Crippen LogP contribution in [-0.2, 0) is 9.53 Å². The third kappa shape index (κ3) is 9.67. The second-order valence-corrected chi connectivity index (χ2v) is 6.16. The maximum atomic E-state index is 12.5. The molecule has 1 aromatic rings. The highest BCUT2D eigenvalue weighted by molar-refractivity contribution is 5.87. The highest BCUT2D eigenvalue weighted by atomic mass is 19.0. The molecular weight excluding hydrogens is 387 g/mol. The van der Waals surface area contributed by atoms with Crippen LogP contribution in [0.5, 0.6) is 0 Å². The SMILES string of the molecule is C=CN=C/C=C/CC(=O)C(C=C)C/C(=C/CN)c1cccc(C(O)OCCO)c1.F. The van der Waals surface area contributed by atoms with Crippen molar-refractivity contribution >= 4 is 17.6 Å². The van der Waals surface area contributed by atoms with Crippen LogP contribution in [0.15, 0.2) is 72.9 Å². The Labute approximate surface area is 177 Å². The summed E-state index contributed by atoms with van der Waals surface area (Å²) in [6, 6.07) is 7.21. The van der Waals surface area contributed by atoms with Crippen molar-refractivity contribution in [2.75, 3.05) is 19.8 Å². The van der Waals surface area contributed by atoms with Crippen molar-refractivity contribution in [3.8, 4) is 0 Å². The van der Waals surface area contributed by atoms with Gasteiger partial charge in [0.25, 0.3) is 0 Å². The Balaban J connectivity index is 0.00000841.